The Morgan fingerprint density at radius 2 is 1.45 bits per heavy atom. The second-order valence-corrected chi connectivity index (χ2v) is 4.46. The maximum atomic E-state index is 3.43. The third-order valence-electron chi connectivity index (χ3n) is 2.84. The Labute approximate surface area is 124 Å². The first-order valence-corrected chi connectivity index (χ1v) is 7.14. The van der Waals surface area contributed by atoms with Gasteiger partial charge in [0.1, 0.15) is 0 Å². The minimum Gasteiger partial charge on any atom is -0.102 e. The molecule has 0 saturated heterocycles. The molecule has 1 aromatic rings. The van der Waals surface area contributed by atoms with Gasteiger partial charge in [-0.3, -0.25) is 0 Å². The molecule has 1 rings (SSSR count). The molecule has 0 unspecified atom stereocenters. The van der Waals surface area contributed by atoms with E-state index in [-0.39, 0.29) is 0 Å². The van der Waals surface area contributed by atoms with Gasteiger partial charge in [-0.2, -0.15) is 0 Å². The summed E-state index contributed by atoms with van der Waals surface area (Å²) in [7, 11) is 0. The fourth-order valence-corrected chi connectivity index (χ4v) is 1.79. The van der Waals surface area contributed by atoms with Crippen molar-refractivity contribution in [2.75, 3.05) is 0 Å². The van der Waals surface area contributed by atoms with Crippen LogP contribution in [0.3, 0.4) is 0 Å². The van der Waals surface area contributed by atoms with Gasteiger partial charge in [0.25, 0.3) is 0 Å². The van der Waals surface area contributed by atoms with Crippen LogP contribution in [-0.2, 0) is 6.42 Å². The Morgan fingerprint density at radius 3 is 2.20 bits per heavy atom. The van der Waals surface area contributed by atoms with Crippen LogP contribution in [0.1, 0.15) is 44.1 Å². The molecule has 1 radical (unpaired) electrons. The Balaban J connectivity index is 1.99. The fraction of sp³-hybridized carbons (Fsp3) is 0.350. The molecule has 1 aromatic carbocycles. The number of aryl methyl sites for hydroxylation is 1. The molecule has 20 heavy (non-hydrogen) atoms. The lowest BCUT2D eigenvalue weighted by molar-refractivity contribution is 0.692. The predicted molar refractivity (Wildman–Crippen MR) is 86.5 cm³/mol. The molecule has 0 heterocycles. The standard InChI is InChI=1S/C20H21/c1-2-3-4-5-6-7-8-9-10-11-12-14-17-20-18-15-13-16-19-20/h13,15-16,18-19H,1,4,7,10-12,14,17H2. The monoisotopic (exact) mass is 261 g/mol. The average molecular weight is 261 g/mol. The Morgan fingerprint density at radius 1 is 0.750 bits per heavy atom. The number of benzene rings is 1. The molecule has 0 bridgehead atoms. The molecular formula is C20H21. The number of hydrogen-bond acceptors (Lipinski definition) is 0. The van der Waals surface area contributed by atoms with Crippen LogP contribution in [0, 0.1) is 42.4 Å². The van der Waals surface area contributed by atoms with Gasteiger partial charge >= 0.3 is 0 Å². The molecule has 0 amide bonds. The summed E-state index contributed by atoms with van der Waals surface area (Å²) in [5.74, 6) is 17.6. The molecule has 0 aliphatic rings. The van der Waals surface area contributed by atoms with Gasteiger partial charge < -0.3 is 0 Å². The first kappa shape index (κ1) is 16.0. The Bertz CT molecular complexity index is 532. The van der Waals surface area contributed by atoms with E-state index in [0.29, 0.717) is 12.8 Å². The number of hydrogen-bond donors (Lipinski definition) is 0. The lowest BCUT2D eigenvalue weighted by Gasteiger charge is -1.99. The van der Waals surface area contributed by atoms with E-state index in [4.69, 9.17) is 0 Å². The molecule has 0 spiro atoms. The van der Waals surface area contributed by atoms with Crippen molar-refractivity contribution in [3.8, 4) is 35.5 Å². The molecule has 0 saturated carbocycles. The Kier molecular flexibility index (Phi) is 9.54. The van der Waals surface area contributed by atoms with Gasteiger partial charge in [0.05, 0.1) is 12.8 Å². The lowest BCUT2D eigenvalue weighted by Crippen LogP contribution is -1.84. The van der Waals surface area contributed by atoms with Crippen molar-refractivity contribution in [3.05, 3.63) is 42.8 Å². The Hall–Kier alpha value is -2.10. The van der Waals surface area contributed by atoms with Crippen molar-refractivity contribution >= 4 is 0 Å². The zero-order valence-electron chi connectivity index (χ0n) is 12.0. The maximum absolute atomic E-state index is 3.43. The van der Waals surface area contributed by atoms with E-state index < -0.39 is 0 Å². The van der Waals surface area contributed by atoms with Gasteiger partial charge in [0, 0.05) is 13.3 Å². The summed E-state index contributed by atoms with van der Waals surface area (Å²) >= 11 is 0. The summed E-state index contributed by atoms with van der Waals surface area (Å²) in [4.78, 5) is 0. The smallest absolute Gasteiger partial charge is 0.0702 e. The zero-order chi connectivity index (χ0) is 14.3. The van der Waals surface area contributed by atoms with Crippen molar-refractivity contribution in [1.82, 2.24) is 0 Å². The van der Waals surface area contributed by atoms with E-state index in [1.54, 1.807) is 0 Å². The summed E-state index contributed by atoms with van der Waals surface area (Å²) in [6.45, 7) is 3.43. The van der Waals surface area contributed by atoms with Crippen LogP contribution in [-0.4, -0.2) is 0 Å². The van der Waals surface area contributed by atoms with Gasteiger partial charge in [0.2, 0.25) is 0 Å². The summed E-state index contributed by atoms with van der Waals surface area (Å²) in [5, 5.41) is 0. The molecule has 101 valence electrons. The SMILES string of the molecule is [CH2]C#CCC#CCC#CCCCCCc1ccccc1. The molecular weight excluding hydrogens is 240 g/mol. The van der Waals surface area contributed by atoms with E-state index in [2.05, 4.69) is 72.8 Å². The van der Waals surface area contributed by atoms with Crippen LogP contribution >= 0.6 is 0 Å². The third kappa shape index (κ3) is 8.91. The molecule has 0 atom stereocenters. The van der Waals surface area contributed by atoms with Crippen LogP contribution in [0.5, 0.6) is 0 Å². The van der Waals surface area contributed by atoms with Crippen molar-refractivity contribution in [2.24, 2.45) is 0 Å². The topological polar surface area (TPSA) is 0 Å². The summed E-state index contributed by atoms with van der Waals surface area (Å²) < 4.78 is 0. The van der Waals surface area contributed by atoms with Crippen LogP contribution in [0.4, 0.5) is 0 Å². The summed E-state index contributed by atoms with van der Waals surface area (Å²) in [5.41, 5.74) is 1.43. The predicted octanol–water partition coefficient (Wildman–Crippen LogP) is 4.41. The quantitative estimate of drug-likeness (QED) is 0.544. The molecule has 0 heteroatoms. The normalized spacial score (nSPS) is 8.45. The second-order valence-electron chi connectivity index (χ2n) is 4.46. The minimum absolute atomic E-state index is 0.602. The van der Waals surface area contributed by atoms with Crippen molar-refractivity contribution < 1.29 is 0 Å². The van der Waals surface area contributed by atoms with Crippen molar-refractivity contribution in [2.45, 2.75) is 44.9 Å². The first-order chi connectivity index (χ1) is 9.93. The summed E-state index contributed by atoms with van der Waals surface area (Å²) in [6.07, 6.45) is 7.08. The lowest BCUT2D eigenvalue weighted by atomic mass is 10.1. The van der Waals surface area contributed by atoms with Gasteiger partial charge in [-0.15, -0.1) is 11.8 Å². The van der Waals surface area contributed by atoms with E-state index in [1.807, 2.05) is 0 Å². The largest absolute Gasteiger partial charge is 0.102 e. The first-order valence-electron chi connectivity index (χ1n) is 7.14. The molecule has 0 N–H and O–H groups in total. The second kappa shape index (κ2) is 12.0. The van der Waals surface area contributed by atoms with E-state index in [0.717, 1.165) is 6.42 Å². The van der Waals surface area contributed by atoms with E-state index >= 15 is 0 Å². The van der Waals surface area contributed by atoms with Gasteiger partial charge in [-0.25, -0.2) is 0 Å². The molecule has 0 aliphatic heterocycles. The molecule has 0 aromatic heterocycles. The zero-order valence-corrected chi connectivity index (χ0v) is 12.0. The summed E-state index contributed by atoms with van der Waals surface area (Å²) in [6, 6.07) is 10.7. The van der Waals surface area contributed by atoms with E-state index in [1.165, 1.54) is 31.2 Å². The molecule has 0 nitrogen and oxygen atoms in total. The van der Waals surface area contributed by atoms with Crippen LogP contribution in [0.15, 0.2) is 30.3 Å². The number of unbranched alkanes of at least 4 members (excludes halogenated alkanes) is 3. The number of rotatable bonds is 5. The van der Waals surface area contributed by atoms with Gasteiger partial charge in [-0.1, -0.05) is 60.4 Å². The van der Waals surface area contributed by atoms with Gasteiger partial charge in [0.15, 0.2) is 0 Å². The highest BCUT2D eigenvalue weighted by atomic mass is 14.0. The molecule has 0 aliphatic carbocycles. The third-order valence-corrected chi connectivity index (χ3v) is 2.84. The highest BCUT2D eigenvalue weighted by Gasteiger charge is 1.91. The molecule has 0 fully saturated rings. The fourth-order valence-electron chi connectivity index (χ4n) is 1.79. The average Bonchev–Trinajstić information content (AvgIpc) is 2.49. The van der Waals surface area contributed by atoms with Crippen LogP contribution in [0.25, 0.3) is 0 Å². The van der Waals surface area contributed by atoms with Crippen LogP contribution < -0.4 is 0 Å². The van der Waals surface area contributed by atoms with Crippen LogP contribution in [0.2, 0.25) is 0 Å². The van der Waals surface area contributed by atoms with E-state index in [9.17, 15) is 0 Å². The maximum Gasteiger partial charge on any atom is 0.0702 e. The highest BCUT2D eigenvalue weighted by Crippen LogP contribution is 2.07. The minimum atomic E-state index is 0.602. The highest BCUT2D eigenvalue weighted by molar-refractivity contribution is 5.16. The van der Waals surface area contributed by atoms with Crippen molar-refractivity contribution in [1.29, 1.82) is 0 Å². The van der Waals surface area contributed by atoms with Crippen molar-refractivity contribution in [3.63, 3.8) is 0 Å². The van der Waals surface area contributed by atoms with Gasteiger partial charge in [-0.05, 0) is 24.8 Å².